The number of halogens is 3. The Bertz CT molecular complexity index is 1320. The summed E-state index contributed by atoms with van der Waals surface area (Å²) in [6.07, 6.45) is 3.99. The monoisotopic (exact) mass is 444 g/mol. The van der Waals surface area contributed by atoms with Gasteiger partial charge >= 0.3 is 0 Å². The molecule has 10 heteroatoms. The number of pyridine rings is 1. The van der Waals surface area contributed by atoms with E-state index in [-0.39, 0.29) is 39.9 Å². The van der Waals surface area contributed by atoms with E-state index in [1.54, 1.807) is 6.07 Å². The molecule has 6 nitrogen and oxygen atoms in total. The average molecular weight is 444 g/mol. The van der Waals surface area contributed by atoms with Crippen LogP contribution in [0.25, 0.3) is 12.2 Å². The van der Waals surface area contributed by atoms with Crippen LogP contribution in [-0.4, -0.2) is 19.4 Å². The topological polar surface area (TPSA) is 83.5 Å². The summed E-state index contributed by atoms with van der Waals surface area (Å²) in [6.45, 7) is -0.247. The van der Waals surface area contributed by atoms with Gasteiger partial charge in [-0.1, -0.05) is 24.3 Å². The quantitative estimate of drug-likeness (QED) is 0.598. The van der Waals surface area contributed by atoms with Gasteiger partial charge in [-0.2, -0.15) is 0 Å². The number of rotatable bonds is 4. The van der Waals surface area contributed by atoms with E-state index >= 15 is 0 Å². The van der Waals surface area contributed by atoms with Gasteiger partial charge in [0.25, 0.3) is 10.0 Å². The Kier molecular flexibility index (Phi) is 5.47. The Morgan fingerprint density at radius 1 is 0.935 bits per heavy atom. The number of guanidine groups is 1. The maximum absolute atomic E-state index is 14.6. The number of fused-ring (bicyclic) bond motifs is 1. The standard InChI is InChI=1S/C21H15F3N4O2S/c22-15-5-2-1-4-13(15)7-8-14-16(23)9-10-19-20(14)27-21(28-31(19,29)30)26-12-18-17(24)6-3-11-25-18/h1-11H,12H2,(H2,26,27,28). The molecule has 2 aromatic carbocycles. The fraction of sp³-hybridized carbons (Fsp3) is 0.0476. The third-order valence-electron chi connectivity index (χ3n) is 4.47. The molecule has 0 atom stereocenters. The molecule has 2 N–H and O–H groups in total. The fourth-order valence-corrected chi connectivity index (χ4v) is 4.12. The fourth-order valence-electron chi connectivity index (χ4n) is 2.96. The van der Waals surface area contributed by atoms with Crippen molar-refractivity contribution in [3.8, 4) is 0 Å². The van der Waals surface area contributed by atoms with Crippen LogP contribution >= 0.6 is 0 Å². The third-order valence-corrected chi connectivity index (χ3v) is 5.86. The summed E-state index contributed by atoms with van der Waals surface area (Å²) in [5.74, 6) is -2.04. The van der Waals surface area contributed by atoms with Crippen molar-refractivity contribution in [1.29, 1.82) is 0 Å². The SMILES string of the molecule is O=S1(=O)NC(=NCc2ncccc2F)Nc2c1ccc(F)c2C=Cc1ccccc1F. The number of nitrogens with zero attached hydrogens (tertiary/aromatic N) is 2. The van der Waals surface area contributed by atoms with E-state index in [9.17, 15) is 21.6 Å². The summed E-state index contributed by atoms with van der Waals surface area (Å²) in [6, 6.07) is 10.6. The first-order valence-corrected chi connectivity index (χ1v) is 10.5. The largest absolute Gasteiger partial charge is 0.324 e. The van der Waals surface area contributed by atoms with Crippen molar-refractivity contribution >= 4 is 33.8 Å². The zero-order valence-corrected chi connectivity index (χ0v) is 16.6. The lowest BCUT2D eigenvalue weighted by Gasteiger charge is -2.23. The number of hydrogen-bond acceptors (Lipinski definition) is 4. The average Bonchev–Trinajstić information content (AvgIpc) is 2.73. The molecule has 4 rings (SSSR count). The van der Waals surface area contributed by atoms with E-state index < -0.39 is 27.5 Å². The molecule has 2 heterocycles. The minimum atomic E-state index is -4.07. The normalized spacial score (nSPS) is 16.0. The second-order valence-corrected chi connectivity index (χ2v) is 8.17. The molecule has 0 saturated carbocycles. The molecule has 0 amide bonds. The highest BCUT2D eigenvalue weighted by Crippen LogP contribution is 2.32. The number of sulfonamides is 1. The van der Waals surface area contributed by atoms with Crippen molar-refractivity contribution in [2.45, 2.75) is 11.4 Å². The van der Waals surface area contributed by atoms with Crippen molar-refractivity contribution in [3.05, 3.63) is 89.0 Å². The Balaban J connectivity index is 1.73. The first kappa shape index (κ1) is 20.6. The molecule has 0 saturated heterocycles. The van der Waals surface area contributed by atoms with E-state index in [0.29, 0.717) is 0 Å². The molecule has 158 valence electrons. The van der Waals surface area contributed by atoms with Crippen LogP contribution in [0, 0.1) is 17.5 Å². The van der Waals surface area contributed by atoms with Crippen LogP contribution in [0.2, 0.25) is 0 Å². The molecule has 3 aromatic rings. The maximum Gasteiger partial charge on any atom is 0.266 e. The Morgan fingerprint density at radius 3 is 2.48 bits per heavy atom. The van der Waals surface area contributed by atoms with Crippen LogP contribution < -0.4 is 10.0 Å². The molecule has 31 heavy (non-hydrogen) atoms. The summed E-state index contributed by atoms with van der Waals surface area (Å²) >= 11 is 0. The number of nitrogens with one attached hydrogen (secondary N) is 2. The van der Waals surface area contributed by atoms with Gasteiger partial charge in [0.05, 0.1) is 17.9 Å². The summed E-state index contributed by atoms with van der Waals surface area (Å²) < 4.78 is 69.7. The molecule has 1 aliphatic rings. The van der Waals surface area contributed by atoms with Crippen molar-refractivity contribution in [2.24, 2.45) is 4.99 Å². The van der Waals surface area contributed by atoms with Crippen LogP contribution in [0.1, 0.15) is 16.8 Å². The van der Waals surface area contributed by atoms with Gasteiger partial charge in [0.2, 0.25) is 5.96 Å². The Morgan fingerprint density at radius 2 is 1.71 bits per heavy atom. The molecule has 1 aliphatic heterocycles. The van der Waals surface area contributed by atoms with Gasteiger partial charge < -0.3 is 5.32 Å². The number of aromatic nitrogens is 1. The number of benzene rings is 2. The van der Waals surface area contributed by atoms with Gasteiger partial charge in [-0.25, -0.2) is 31.3 Å². The minimum absolute atomic E-state index is 0.0145. The lowest BCUT2D eigenvalue weighted by Crippen LogP contribution is -2.41. The van der Waals surface area contributed by atoms with E-state index in [1.165, 1.54) is 48.7 Å². The second kappa shape index (κ2) is 8.23. The second-order valence-electron chi connectivity index (χ2n) is 6.52. The molecule has 0 radical (unpaired) electrons. The number of anilines is 1. The predicted octanol–water partition coefficient (Wildman–Crippen LogP) is 3.93. The van der Waals surface area contributed by atoms with E-state index in [4.69, 9.17) is 0 Å². The molecule has 0 bridgehead atoms. The van der Waals surface area contributed by atoms with Gasteiger partial charge in [0, 0.05) is 17.3 Å². The zero-order chi connectivity index (χ0) is 22.0. The lowest BCUT2D eigenvalue weighted by molar-refractivity contribution is 0.589. The van der Waals surface area contributed by atoms with Crippen molar-refractivity contribution in [3.63, 3.8) is 0 Å². The summed E-state index contributed by atoms with van der Waals surface area (Å²) in [5.41, 5.74) is 0.0608. The molecule has 0 aliphatic carbocycles. The summed E-state index contributed by atoms with van der Waals surface area (Å²) in [5, 5.41) is 2.73. The maximum atomic E-state index is 14.6. The van der Waals surface area contributed by atoms with Crippen LogP contribution in [0.4, 0.5) is 18.9 Å². The van der Waals surface area contributed by atoms with Gasteiger partial charge in [-0.3, -0.25) is 4.98 Å². The van der Waals surface area contributed by atoms with Gasteiger partial charge in [-0.15, -0.1) is 0 Å². The molecule has 0 unspecified atom stereocenters. The van der Waals surface area contributed by atoms with E-state index in [2.05, 4.69) is 20.0 Å². The molecule has 0 fully saturated rings. The number of aliphatic imine (C=N–C) groups is 1. The highest BCUT2D eigenvalue weighted by Gasteiger charge is 2.29. The smallest absolute Gasteiger partial charge is 0.266 e. The molecular formula is C21H15F3N4O2S. The van der Waals surface area contributed by atoms with Crippen LogP contribution in [0.15, 0.2) is 64.6 Å². The van der Waals surface area contributed by atoms with Crippen molar-refractivity contribution in [2.75, 3.05) is 5.32 Å². The van der Waals surface area contributed by atoms with Crippen LogP contribution in [0.5, 0.6) is 0 Å². The number of hydrogen-bond donors (Lipinski definition) is 2. The van der Waals surface area contributed by atoms with E-state index in [1.807, 2.05) is 0 Å². The summed E-state index contributed by atoms with van der Waals surface area (Å²) in [7, 11) is -4.07. The van der Waals surface area contributed by atoms with Gasteiger partial charge in [-0.05, 0) is 36.4 Å². The molecule has 1 aromatic heterocycles. The third kappa shape index (κ3) is 4.29. The first-order valence-electron chi connectivity index (χ1n) is 9.04. The predicted molar refractivity (Wildman–Crippen MR) is 111 cm³/mol. The molecular weight excluding hydrogens is 429 g/mol. The Labute approximate surface area is 176 Å². The highest BCUT2D eigenvalue weighted by molar-refractivity contribution is 7.90. The van der Waals surface area contributed by atoms with Crippen LogP contribution in [-0.2, 0) is 16.6 Å². The first-order chi connectivity index (χ1) is 14.8. The highest BCUT2D eigenvalue weighted by atomic mass is 32.2. The zero-order valence-electron chi connectivity index (χ0n) is 15.8. The van der Waals surface area contributed by atoms with Crippen molar-refractivity contribution < 1.29 is 21.6 Å². The van der Waals surface area contributed by atoms with Crippen LogP contribution in [0.3, 0.4) is 0 Å². The van der Waals surface area contributed by atoms with E-state index in [0.717, 1.165) is 12.1 Å². The minimum Gasteiger partial charge on any atom is -0.324 e. The van der Waals surface area contributed by atoms with Gasteiger partial charge in [0.15, 0.2) is 0 Å². The van der Waals surface area contributed by atoms with Crippen molar-refractivity contribution in [1.82, 2.24) is 9.71 Å². The summed E-state index contributed by atoms with van der Waals surface area (Å²) in [4.78, 5) is 7.67. The lowest BCUT2D eigenvalue weighted by atomic mass is 10.1. The Hall–Kier alpha value is -3.66. The van der Waals surface area contributed by atoms with Gasteiger partial charge in [0.1, 0.15) is 22.3 Å². The molecule has 0 spiro atoms.